The zero-order valence-corrected chi connectivity index (χ0v) is 14.5. The molecule has 0 saturated heterocycles. The van der Waals surface area contributed by atoms with E-state index < -0.39 is 8.07 Å². The van der Waals surface area contributed by atoms with Gasteiger partial charge in [0.2, 0.25) is 0 Å². The van der Waals surface area contributed by atoms with Crippen molar-refractivity contribution in [2.75, 3.05) is 6.61 Å². The van der Waals surface area contributed by atoms with Crippen LogP contribution < -0.4 is 0 Å². The summed E-state index contributed by atoms with van der Waals surface area (Å²) in [7, 11) is -1.05. The van der Waals surface area contributed by atoms with Gasteiger partial charge in [0.05, 0.1) is 0 Å². The largest absolute Gasteiger partial charge is 0.388 e. The van der Waals surface area contributed by atoms with Crippen molar-refractivity contribution in [3.05, 3.63) is 15.0 Å². The molecule has 0 aliphatic rings. The summed E-state index contributed by atoms with van der Waals surface area (Å²) < 4.78 is 8.93. The first-order chi connectivity index (χ1) is 7.85. The molecule has 0 saturated carbocycles. The number of ether oxygens (including phenoxy) is 1. The summed E-state index contributed by atoms with van der Waals surface area (Å²) in [6.45, 7) is 8.03. The quantitative estimate of drug-likeness (QED) is 0.604. The summed E-state index contributed by atoms with van der Waals surface area (Å²) in [6.07, 6.45) is 0. The van der Waals surface area contributed by atoms with E-state index in [9.17, 15) is 0 Å². The average molecular weight is 386 g/mol. The van der Waals surface area contributed by atoms with Gasteiger partial charge in [-0.2, -0.15) is 0 Å². The molecule has 0 aromatic carbocycles. The number of nitrogens with zero attached hydrogens (tertiary/aromatic N) is 2. The normalized spacial score (nSPS) is 12.1. The summed E-state index contributed by atoms with van der Waals surface area (Å²) in [5.41, 5.74) is 0. The molecule has 1 N–H and O–H groups in total. The molecule has 0 atom stereocenters. The lowest BCUT2D eigenvalue weighted by atomic mass is 10.6. The van der Waals surface area contributed by atoms with E-state index in [2.05, 4.69) is 56.5 Å². The van der Waals surface area contributed by atoms with Crippen LogP contribution in [0.5, 0.6) is 0 Å². The molecular formula is C10H18Br2N2O2Si. The highest BCUT2D eigenvalue weighted by molar-refractivity contribution is 9.13. The molecule has 0 bridgehead atoms. The first kappa shape index (κ1) is 15.4. The fraction of sp³-hybridized carbons (Fsp3) is 0.700. The maximum absolute atomic E-state index is 9.17. The van der Waals surface area contributed by atoms with Crippen molar-refractivity contribution < 1.29 is 9.84 Å². The van der Waals surface area contributed by atoms with E-state index in [-0.39, 0.29) is 6.61 Å². The molecule has 1 aromatic rings. The molecule has 1 heterocycles. The molecule has 0 aliphatic heterocycles. The van der Waals surface area contributed by atoms with Crippen LogP contribution in [0.1, 0.15) is 5.82 Å². The lowest BCUT2D eigenvalue weighted by molar-refractivity contribution is 0.0802. The fourth-order valence-electron chi connectivity index (χ4n) is 1.23. The summed E-state index contributed by atoms with van der Waals surface area (Å²) in [4.78, 5) is 4.17. The van der Waals surface area contributed by atoms with E-state index in [1.165, 1.54) is 0 Å². The van der Waals surface area contributed by atoms with Crippen LogP contribution in [-0.4, -0.2) is 29.3 Å². The van der Waals surface area contributed by atoms with Gasteiger partial charge in [-0.05, 0) is 37.9 Å². The fourth-order valence-corrected chi connectivity index (χ4v) is 2.80. The molecule has 17 heavy (non-hydrogen) atoms. The third-order valence-corrected chi connectivity index (χ3v) is 5.90. The average Bonchev–Trinajstić information content (AvgIpc) is 2.49. The number of halogens is 2. The Labute approximate surface area is 120 Å². The van der Waals surface area contributed by atoms with Crippen LogP contribution in [0.2, 0.25) is 25.7 Å². The smallest absolute Gasteiger partial charge is 0.139 e. The number of rotatable bonds is 6. The standard InChI is InChI=1S/C10H18Br2N2O2Si/c1-17(2,3)5-4-16-7-14-8(6-15)13-9(11)10(14)12/h15H,4-7H2,1-3H3. The van der Waals surface area contributed by atoms with Gasteiger partial charge in [-0.25, -0.2) is 4.98 Å². The Morgan fingerprint density at radius 1 is 1.35 bits per heavy atom. The van der Waals surface area contributed by atoms with Crippen molar-refractivity contribution in [2.45, 2.75) is 39.0 Å². The van der Waals surface area contributed by atoms with Crippen LogP contribution in [0.25, 0.3) is 0 Å². The van der Waals surface area contributed by atoms with E-state index in [0.29, 0.717) is 17.2 Å². The van der Waals surface area contributed by atoms with Gasteiger partial charge in [0.1, 0.15) is 28.4 Å². The van der Waals surface area contributed by atoms with Crippen LogP contribution in [-0.2, 0) is 18.1 Å². The lowest BCUT2D eigenvalue weighted by Gasteiger charge is -2.16. The van der Waals surface area contributed by atoms with Crippen LogP contribution in [0.15, 0.2) is 9.21 Å². The molecule has 4 nitrogen and oxygen atoms in total. The second kappa shape index (κ2) is 6.47. The van der Waals surface area contributed by atoms with Gasteiger partial charge < -0.3 is 9.84 Å². The SMILES string of the molecule is C[Si](C)(C)CCOCn1c(CO)nc(Br)c1Br. The molecule has 1 rings (SSSR count). The van der Waals surface area contributed by atoms with Gasteiger partial charge in [-0.1, -0.05) is 19.6 Å². The van der Waals surface area contributed by atoms with E-state index in [1.54, 1.807) is 0 Å². The molecule has 0 spiro atoms. The monoisotopic (exact) mass is 384 g/mol. The van der Waals surface area contributed by atoms with Gasteiger partial charge in [0.25, 0.3) is 0 Å². The molecule has 0 radical (unpaired) electrons. The molecule has 0 aliphatic carbocycles. The summed E-state index contributed by atoms with van der Waals surface area (Å²) in [5, 5.41) is 9.17. The first-order valence-electron chi connectivity index (χ1n) is 5.44. The number of hydrogen-bond donors (Lipinski definition) is 1. The Hall–Kier alpha value is 0.307. The van der Waals surface area contributed by atoms with E-state index in [0.717, 1.165) is 17.3 Å². The first-order valence-corrected chi connectivity index (χ1v) is 10.7. The number of aromatic nitrogens is 2. The highest BCUT2D eigenvalue weighted by Gasteiger charge is 2.14. The maximum Gasteiger partial charge on any atom is 0.139 e. The Bertz CT molecular complexity index is 377. The predicted molar refractivity (Wildman–Crippen MR) is 77.7 cm³/mol. The highest BCUT2D eigenvalue weighted by Crippen LogP contribution is 2.24. The van der Waals surface area contributed by atoms with Crippen molar-refractivity contribution in [1.29, 1.82) is 0 Å². The number of aliphatic hydroxyl groups excluding tert-OH is 1. The van der Waals surface area contributed by atoms with E-state index in [1.807, 2.05) is 4.57 Å². The molecular weight excluding hydrogens is 368 g/mol. The minimum absolute atomic E-state index is 0.0957. The topological polar surface area (TPSA) is 47.3 Å². The third-order valence-electron chi connectivity index (χ3n) is 2.30. The van der Waals surface area contributed by atoms with Gasteiger partial charge in [0, 0.05) is 14.7 Å². The number of imidazole rings is 1. The minimum atomic E-state index is -1.05. The Morgan fingerprint density at radius 2 is 2.00 bits per heavy atom. The van der Waals surface area contributed by atoms with Crippen LogP contribution in [0, 0.1) is 0 Å². The minimum Gasteiger partial charge on any atom is -0.388 e. The summed E-state index contributed by atoms with van der Waals surface area (Å²) in [6, 6.07) is 1.13. The van der Waals surface area contributed by atoms with Gasteiger partial charge >= 0.3 is 0 Å². The van der Waals surface area contributed by atoms with Crippen molar-refractivity contribution in [2.24, 2.45) is 0 Å². The Kier molecular flexibility index (Phi) is 5.84. The van der Waals surface area contributed by atoms with Crippen LogP contribution >= 0.6 is 31.9 Å². The molecule has 1 aromatic heterocycles. The van der Waals surface area contributed by atoms with Crippen molar-refractivity contribution in [3.8, 4) is 0 Å². The van der Waals surface area contributed by atoms with Crippen molar-refractivity contribution in [1.82, 2.24) is 9.55 Å². The molecule has 0 amide bonds. The number of aliphatic hydroxyl groups is 1. The van der Waals surface area contributed by atoms with Crippen molar-refractivity contribution >= 4 is 39.9 Å². The second-order valence-corrected chi connectivity index (χ2v) is 12.2. The van der Waals surface area contributed by atoms with Gasteiger partial charge in [0.15, 0.2) is 0 Å². The third kappa shape index (κ3) is 4.82. The summed E-state index contributed by atoms with van der Waals surface area (Å²) >= 11 is 6.71. The Morgan fingerprint density at radius 3 is 2.53 bits per heavy atom. The predicted octanol–water partition coefficient (Wildman–Crippen LogP) is 3.21. The van der Waals surface area contributed by atoms with Crippen LogP contribution in [0.4, 0.5) is 0 Å². The van der Waals surface area contributed by atoms with Gasteiger partial charge in [-0.15, -0.1) is 0 Å². The van der Waals surface area contributed by atoms with E-state index in [4.69, 9.17) is 9.84 Å². The number of hydrogen-bond acceptors (Lipinski definition) is 3. The molecule has 0 unspecified atom stereocenters. The summed E-state index contributed by atoms with van der Waals surface area (Å²) in [5.74, 6) is 0.594. The van der Waals surface area contributed by atoms with Crippen LogP contribution in [0.3, 0.4) is 0 Å². The van der Waals surface area contributed by atoms with Crippen molar-refractivity contribution in [3.63, 3.8) is 0 Å². The lowest BCUT2D eigenvalue weighted by Crippen LogP contribution is -2.22. The zero-order valence-electron chi connectivity index (χ0n) is 10.3. The Balaban J connectivity index is 2.52. The van der Waals surface area contributed by atoms with E-state index >= 15 is 0 Å². The maximum atomic E-state index is 9.17. The molecule has 98 valence electrons. The molecule has 7 heteroatoms. The molecule has 0 fully saturated rings. The highest BCUT2D eigenvalue weighted by atomic mass is 79.9. The zero-order chi connectivity index (χ0) is 13.1. The van der Waals surface area contributed by atoms with Gasteiger partial charge in [-0.3, -0.25) is 4.57 Å². The second-order valence-electron chi connectivity index (χ2n) is 5.04.